The standard InChI is InChI=1S/C14H22N2O2S.C11H24N2O4S.C11H24N2O3S.C10H23NO3S2.C10H21NO2S.C9H20N2O2S.C8H19NOS2/c1-11(2)16(3)18-10-12-4-6-13(7-5-12)15-14(17)8-9-19;1-10(2)13(15-3)17-8-7-16-6-5-12-11(14)4-9-18;1-10(2)13(3)16-8-7-15-6-5-12-11(14)4-9-17;1-10(2)11(12-3)8-13-4-5-14-9-16-7-6-15;1-9(2)11(3)13-7-4-5-10(12)6-8-14;1-8(2)11(13-3)6-5-10-9(12)4-7-14;1-8(2)9(10-3)4-6-12-7-5-11/h4-7,11,19H,8-10H2,1-3H3,(H,15,17);10,18H,4-9H2,1-3H3,(H,12,14);10,17H,4-9H2,1-3H3,(H,12,14);10,15H,4-9H2,1-3H3;9,14H,4-8H2,1-3H3;8,14H,4-7H2,1-3H3,(H,10,12);8,11H,4-7H2,1-3H3. The third kappa shape index (κ3) is 86.5. The largest absolute Gasteiger partial charge is 0.377 e. The van der Waals surface area contributed by atoms with Crippen molar-refractivity contribution in [1.82, 2.24) is 51.6 Å². The molecule has 110 heavy (non-hydrogen) atoms. The number of hydrogen-bond donors (Lipinski definition) is 11. The number of nitrogens with zero attached hydrogens (tertiary/aromatic N) is 7. The van der Waals surface area contributed by atoms with Gasteiger partial charge in [-0.25, -0.2) is 0 Å². The molecular formula is C73H153N11O17S9. The number of carbonyl (C=O) groups excluding carboxylic acids is 5. The van der Waals surface area contributed by atoms with Crippen molar-refractivity contribution in [3.05, 3.63) is 29.8 Å². The number of hydroxylamine groups is 14. The van der Waals surface area contributed by atoms with Crippen LogP contribution in [0.3, 0.4) is 0 Å². The molecule has 1 aromatic rings. The van der Waals surface area contributed by atoms with Crippen LogP contribution in [-0.2, 0) is 88.2 Å². The molecule has 0 heterocycles. The van der Waals surface area contributed by atoms with Crippen LogP contribution in [0.5, 0.6) is 0 Å². The molecule has 0 aliphatic carbocycles. The first-order chi connectivity index (χ1) is 52.3. The maximum absolute atomic E-state index is 11.4. The predicted molar refractivity (Wildman–Crippen MR) is 478 cm³/mol. The second-order valence-electron chi connectivity index (χ2n) is 25.3. The van der Waals surface area contributed by atoms with E-state index in [0.29, 0.717) is 208 Å². The summed E-state index contributed by atoms with van der Waals surface area (Å²) in [5.74, 6) is 9.05. The van der Waals surface area contributed by atoms with E-state index >= 15 is 0 Å². The third-order valence-corrected chi connectivity index (χ3v) is 17.9. The van der Waals surface area contributed by atoms with E-state index in [1.165, 1.54) is 5.23 Å². The van der Waals surface area contributed by atoms with Crippen LogP contribution in [0.1, 0.15) is 147 Å². The Morgan fingerprint density at radius 1 is 0.382 bits per heavy atom. The fourth-order valence-corrected chi connectivity index (χ4v) is 10.1. The van der Waals surface area contributed by atoms with Gasteiger partial charge in [-0.2, -0.15) is 131 Å². The van der Waals surface area contributed by atoms with Gasteiger partial charge < -0.3 is 49.9 Å². The summed E-state index contributed by atoms with van der Waals surface area (Å²) in [5.41, 5.74) is 1.87. The molecule has 0 aliphatic heterocycles. The number of rotatable bonds is 61. The minimum Gasteiger partial charge on any atom is -0.377 e. The number of ketones is 1. The van der Waals surface area contributed by atoms with Crippen LogP contribution in [0.2, 0.25) is 0 Å². The lowest BCUT2D eigenvalue weighted by Gasteiger charge is -2.23. The summed E-state index contributed by atoms with van der Waals surface area (Å²) in [6.45, 7) is 37.8. The second kappa shape index (κ2) is 89.0. The molecule has 0 saturated heterocycles. The minimum absolute atomic E-state index is 0.00443. The average molecular weight is 1750 g/mol. The van der Waals surface area contributed by atoms with Crippen LogP contribution in [0, 0.1) is 0 Å². The number of carbonyl (C=O) groups is 5. The van der Waals surface area contributed by atoms with E-state index in [-0.39, 0.29) is 35.5 Å². The van der Waals surface area contributed by atoms with Gasteiger partial charge in [0.25, 0.3) is 0 Å². The van der Waals surface area contributed by atoms with Gasteiger partial charge in [0.05, 0.1) is 106 Å². The van der Waals surface area contributed by atoms with Gasteiger partial charge in [-0.3, -0.25) is 53.0 Å². The van der Waals surface area contributed by atoms with Gasteiger partial charge in [0.1, 0.15) is 12.5 Å². The fourth-order valence-electron chi connectivity index (χ4n) is 7.17. The second-order valence-corrected chi connectivity index (χ2v) is 30.8. The van der Waals surface area contributed by atoms with Gasteiger partial charge in [-0.1, -0.05) is 17.4 Å². The monoisotopic (exact) mass is 1740 g/mol. The van der Waals surface area contributed by atoms with E-state index < -0.39 is 0 Å². The van der Waals surface area contributed by atoms with E-state index in [9.17, 15) is 24.0 Å². The Hall–Kier alpha value is -0.840. The molecule has 0 aliphatic rings. The van der Waals surface area contributed by atoms with Crippen molar-refractivity contribution < 1.29 is 81.6 Å². The molecular weight excluding hydrogens is 1590 g/mol. The maximum Gasteiger partial charge on any atom is 0.225 e. The minimum atomic E-state index is -0.0152. The molecule has 0 fully saturated rings. The molecule has 0 atom stereocenters. The summed E-state index contributed by atoms with van der Waals surface area (Å²) in [6, 6.07) is 9.99. The molecule has 1 aromatic carbocycles. The van der Waals surface area contributed by atoms with Gasteiger partial charge in [-0.05, 0) is 161 Å². The van der Waals surface area contributed by atoms with Crippen molar-refractivity contribution in [1.29, 1.82) is 0 Å². The van der Waals surface area contributed by atoms with Crippen LogP contribution in [0.25, 0.3) is 0 Å². The Bertz CT molecular complexity index is 2190. The Morgan fingerprint density at radius 3 is 1.22 bits per heavy atom. The van der Waals surface area contributed by atoms with Crippen molar-refractivity contribution in [2.45, 2.75) is 191 Å². The highest BCUT2D eigenvalue weighted by Crippen LogP contribution is 2.13. The highest BCUT2D eigenvalue weighted by Gasteiger charge is 2.13. The van der Waals surface area contributed by atoms with Crippen LogP contribution < -0.4 is 21.3 Å². The molecule has 1 rings (SSSR count). The van der Waals surface area contributed by atoms with Crippen LogP contribution >= 0.6 is 112 Å². The van der Waals surface area contributed by atoms with E-state index in [0.717, 1.165) is 53.0 Å². The van der Waals surface area contributed by atoms with E-state index in [2.05, 4.69) is 179 Å². The number of ether oxygens (including phenoxy) is 4. The van der Waals surface area contributed by atoms with Crippen LogP contribution in [0.4, 0.5) is 5.69 Å². The number of benzene rings is 1. The molecule has 0 saturated carbocycles. The molecule has 0 spiro atoms. The van der Waals surface area contributed by atoms with Crippen molar-refractivity contribution in [3.8, 4) is 0 Å². The number of anilines is 1. The molecule has 0 bridgehead atoms. The summed E-state index contributed by atoms with van der Waals surface area (Å²) >= 11 is 31.9. The molecule has 37 heteroatoms. The Morgan fingerprint density at radius 2 is 0.791 bits per heavy atom. The third-order valence-electron chi connectivity index (χ3n) is 14.0. The highest BCUT2D eigenvalue weighted by molar-refractivity contribution is 8.00. The zero-order valence-corrected chi connectivity index (χ0v) is 78.8. The van der Waals surface area contributed by atoms with Gasteiger partial charge in [-0.15, -0.1) is 11.8 Å². The van der Waals surface area contributed by atoms with Crippen molar-refractivity contribution in [2.24, 2.45) is 0 Å². The number of hydrogen-bond acceptors (Lipinski definition) is 33. The average Bonchev–Trinajstić information content (AvgIpc) is 0.897. The number of amides is 4. The van der Waals surface area contributed by atoms with Gasteiger partial charge in [0.2, 0.25) is 23.6 Å². The normalized spacial score (nSPS) is 11.3. The van der Waals surface area contributed by atoms with Gasteiger partial charge >= 0.3 is 0 Å². The number of thioether (sulfide) groups is 2. The molecule has 28 nitrogen and oxygen atoms in total. The highest BCUT2D eigenvalue weighted by atomic mass is 32.2. The van der Waals surface area contributed by atoms with E-state index in [1.807, 2.05) is 105 Å². The lowest BCUT2D eigenvalue weighted by molar-refractivity contribution is -0.373. The summed E-state index contributed by atoms with van der Waals surface area (Å²) in [6.07, 6.45) is 3.75. The Kier molecular flexibility index (Phi) is 97.0. The Labute approximate surface area is 713 Å². The van der Waals surface area contributed by atoms with Crippen molar-refractivity contribution in [3.63, 3.8) is 0 Å². The first-order valence-electron chi connectivity index (χ1n) is 37.7. The fraction of sp³-hybridized carbons (Fsp3) is 0.849. The van der Waals surface area contributed by atoms with Crippen molar-refractivity contribution in [2.75, 3.05) is 217 Å². The predicted octanol–water partition coefficient (Wildman–Crippen LogP) is 10.5. The lowest BCUT2D eigenvalue weighted by atomic mass is 10.2. The van der Waals surface area contributed by atoms with Crippen LogP contribution in [0.15, 0.2) is 24.3 Å². The molecule has 4 N–H and O–H groups in total. The molecule has 0 aromatic heterocycles. The smallest absolute Gasteiger partial charge is 0.225 e. The summed E-state index contributed by atoms with van der Waals surface area (Å²) in [5, 5.41) is 23.5. The molecule has 0 radical (unpaired) electrons. The summed E-state index contributed by atoms with van der Waals surface area (Å²) in [7, 11) is 12.3. The van der Waals surface area contributed by atoms with E-state index in [4.69, 9.17) is 57.6 Å². The zero-order chi connectivity index (χ0) is 84.7. The SMILES string of the molecule is CC(C)N(C)OCCCC(=O)CCS.CC(C)N(C)OCCOCCNC(=O)CCS.CC(C)N(C)OCc1ccc(NC(=O)CCS)cc1.CON(CCNC(=O)CCS)C(C)C.CON(CCSCCS)C(C)C.CON(COCCOCSCCS)C(C)C.CON(OCCOCCNC(=O)CCS)C(C)C. The topological polar surface area (TPSA) is 267 Å². The molecule has 0 unspecified atom stereocenters. The first kappa shape index (κ1) is 120. The van der Waals surface area contributed by atoms with E-state index in [1.54, 1.807) is 50.3 Å². The molecule has 4 amide bonds. The number of nitrogens with one attached hydrogen (secondary N) is 4. The van der Waals surface area contributed by atoms with Crippen molar-refractivity contribution >= 4 is 147 Å². The first-order valence-corrected chi connectivity index (χ1v) is 44.5. The summed E-state index contributed by atoms with van der Waals surface area (Å²) in [4.78, 5) is 97.8. The van der Waals surface area contributed by atoms with Gasteiger partial charge in [0, 0.05) is 152 Å². The van der Waals surface area contributed by atoms with Gasteiger partial charge in [0.15, 0.2) is 0 Å². The molecule has 656 valence electrons. The maximum atomic E-state index is 11.4. The lowest BCUT2D eigenvalue weighted by Crippen LogP contribution is -2.37. The Balaban J connectivity index is -0.000000288. The number of thiol groups is 7. The quantitative estimate of drug-likeness (QED) is 0.0125. The van der Waals surface area contributed by atoms with Crippen LogP contribution in [-0.4, -0.2) is 319 Å². The zero-order valence-electron chi connectivity index (χ0n) is 70.9. The summed E-state index contributed by atoms with van der Waals surface area (Å²) < 4.78 is 21.4. The number of Topliss-reactive ketones (excluding diaryl/α,β-unsaturated/α-hetero) is 1.